The van der Waals surface area contributed by atoms with Crippen molar-refractivity contribution >= 4 is 28.4 Å². The summed E-state index contributed by atoms with van der Waals surface area (Å²) in [4.78, 5) is 29.8. The van der Waals surface area contributed by atoms with Gasteiger partial charge in [0.1, 0.15) is 5.52 Å². The molecule has 0 N–H and O–H groups in total. The van der Waals surface area contributed by atoms with E-state index in [2.05, 4.69) is 4.98 Å². The third kappa shape index (κ3) is 2.45. The molecule has 0 unspecified atom stereocenters. The van der Waals surface area contributed by atoms with Crippen LogP contribution in [-0.4, -0.2) is 43.9 Å². The lowest BCUT2D eigenvalue weighted by Gasteiger charge is -2.48. The topological polar surface area (TPSA) is 87.9 Å². The molecular weight excluding hydrogens is 350 g/mol. The van der Waals surface area contributed by atoms with Gasteiger partial charge in [0.25, 0.3) is 0 Å². The van der Waals surface area contributed by atoms with Gasteiger partial charge >= 0.3 is 5.97 Å². The average molecular weight is 371 g/mol. The van der Waals surface area contributed by atoms with Crippen molar-refractivity contribution in [3.8, 4) is 0 Å². The SMILES string of the molecule is COC(=O)[C@@H]1C[C@@H]2C(c3nc4ccc(C)cc4o3)=C[C@H]1C(=O)C2(OC)OC. The zero-order chi connectivity index (χ0) is 19.3. The van der Waals surface area contributed by atoms with Gasteiger partial charge in [-0.25, -0.2) is 4.98 Å². The lowest BCUT2D eigenvalue weighted by molar-refractivity contribution is -0.238. The smallest absolute Gasteiger partial charge is 0.309 e. The number of nitrogens with zero attached hydrogens (tertiary/aromatic N) is 1. The Morgan fingerprint density at radius 3 is 2.67 bits per heavy atom. The number of fused-ring (bicyclic) bond motifs is 3. The molecule has 142 valence electrons. The van der Waals surface area contributed by atoms with Crippen molar-refractivity contribution in [3.63, 3.8) is 0 Å². The van der Waals surface area contributed by atoms with Gasteiger partial charge in [0.05, 0.1) is 24.9 Å². The molecule has 7 heteroatoms. The van der Waals surface area contributed by atoms with E-state index in [1.54, 1.807) is 6.08 Å². The van der Waals surface area contributed by atoms with Crippen LogP contribution in [-0.2, 0) is 23.8 Å². The van der Waals surface area contributed by atoms with Gasteiger partial charge in [-0.2, -0.15) is 0 Å². The van der Waals surface area contributed by atoms with Gasteiger partial charge in [-0.1, -0.05) is 12.1 Å². The first-order valence-electron chi connectivity index (χ1n) is 8.77. The Kier molecular flexibility index (Phi) is 4.16. The van der Waals surface area contributed by atoms with Crippen LogP contribution in [0.25, 0.3) is 16.7 Å². The molecule has 1 aromatic carbocycles. The molecule has 0 saturated heterocycles. The summed E-state index contributed by atoms with van der Waals surface area (Å²) in [5.41, 5.74) is 3.18. The van der Waals surface area contributed by atoms with Crippen LogP contribution in [0.2, 0.25) is 0 Å². The summed E-state index contributed by atoms with van der Waals surface area (Å²) < 4.78 is 21.9. The number of hydrogen-bond donors (Lipinski definition) is 0. The Balaban J connectivity index is 1.85. The summed E-state index contributed by atoms with van der Waals surface area (Å²) in [6.45, 7) is 1.98. The molecule has 1 fully saturated rings. The van der Waals surface area contributed by atoms with Crippen LogP contribution in [0.1, 0.15) is 17.9 Å². The molecule has 3 aliphatic rings. The molecule has 27 heavy (non-hydrogen) atoms. The summed E-state index contributed by atoms with van der Waals surface area (Å²) >= 11 is 0. The van der Waals surface area contributed by atoms with Crippen molar-refractivity contribution in [2.45, 2.75) is 19.1 Å². The minimum atomic E-state index is -1.46. The highest BCUT2D eigenvalue weighted by Gasteiger charge is 2.62. The van der Waals surface area contributed by atoms with E-state index in [9.17, 15) is 9.59 Å². The van der Waals surface area contributed by atoms with Crippen molar-refractivity contribution in [1.82, 2.24) is 4.98 Å². The first-order valence-corrected chi connectivity index (χ1v) is 8.77. The summed E-state index contributed by atoms with van der Waals surface area (Å²) in [6, 6.07) is 5.76. The lowest BCUT2D eigenvalue weighted by Crippen LogP contribution is -2.61. The van der Waals surface area contributed by atoms with Crippen molar-refractivity contribution < 1.29 is 28.2 Å². The standard InChI is InChI=1S/C20H21NO6/c1-10-5-6-15-16(7-10)27-18(21-15)13-8-11-12(19(23)24-2)9-14(13)20(25-3,26-4)17(11)22/h5-8,11-12,14H,9H2,1-4H3/t11-,12-,14-/m1/s1. The monoisotopic (exact) mass is 371 g/mol. The minimum Gasteiger partial charge on any atom is -0.469 e. The van der Waals surface area contributed by atoms with Crippen LogP contribution < -0.4 is 0 Å². The molecule has 0 amide bonds. The van der Waals surface area contributed by atoms with E-state index in [0.29, 0.717) is 17.9 Å². The molecule has 7 nitrogen and oxygen atoms in total. The maximum atomic E-state index is 13.0. The lowest BCUT2D eigenvalue weighted by atomic mass is 9.61. The average Bonchev–Trinajstić information content (AvgIpc) is 3.11. The second-order valence-electron chi connectivity index (χ2n) is 7.00. The molecule has 0 aliphatic heterocycles. The Hall–Kier alpha value is -2.51. The predicted octanol–water partition coefficient (Wildman–Crippen LogP) is 2.52. The number of Topliss-reactive ketones (excluding diaryl/α,β-unsaturated/α-hetero) is 1. The van der Waals surface area contributed by atoms with Gasteiger partial charge < -0.3 is 18.6 Å². The van der Waals surface area contributed by atoms with Crippen molar-refractivity contribution in [2.24, 2.45) is 17.8 Å². The summed E-state index contributed by atoms with van der Waals surface area (Å²) in [6.07, 6.45) is 2.11. The Morgan fingerprint density at radius 1 is 1.26 bits per heavy atom. The number of aryl methyl sites for hydroxylation is 1. The fourth-order valence-corrected chi connectivity index (χ4v) is 4.31. The third-order valence-corrected chi connectivity index (χ3v) is 5.66. The normalized spacial score (nSPS) is 26.3. The maximum absolute atomic E-state index is 13.0. The van der Waals surface area contributed by atoms with E-state index in [0.717, 1.165) is 16.7 Å². The Bertz CT molecular complexity index is 955. The first kappa shape index (κ1) is 17.9. The van der Waals surface area contributed by atoms with Gasteiger partial charge in [0.15, 0.2) is 11.4 Å². The number of aromatic nitrogens is 1. The minimum absolute atomic E-state index is 0.283. The van der Waals surface area contributed by atoms with Crippen LogP contribution in [0.15, 0.2) is 28.7 Å². The number of ether oxygens (including phenoxy) is 3. The molecule has 1 aromatic heterocycles. The molecule has 0 radical (unpaired) electrons. The molecule has 1 saturated carbocycles. The van der Waals surface area contributed by atoms with Gasteiger partial charge in [0, 0.05) is 19.8 Å². The maximum Gasteiger partial charge on any atom is 0.309 e. The van der Waals surface area contributed by atoms with Gasteiger partial charge in [-0.3, -0.25) is 9.59 Å². The van der Waals surface area contributed by atoms with E-state index in [1.807, 2.05) is 25.1 Å². The third-order valence-electron chi connectivity index (χ3n) is 5.66. The number of hydrogen-bond acceptors (Lipinski definition) is 7. The quantitative estimate of drug-likeness (QED) is 0.603. The molecule has 5 rings (SSSR count). The van der Waals surface area contributed by atoms with Gasteiger partial charge in [-0.05, 0) is 31.0 Å². The number of methoxy groups -OCH3 is 3. The van der Waals surface area contributed by atoms with E-state index in [1.165, 1.54) is 21.3 Å². The summed E-state index contributed by atoms with van der Waals surface area (Å²) in [5, 5.41) is 0. The molecule has 1 heterocycles. The van der Waals surface area contributed by atoms with Gasteiger partial charge in [-0.15, -0.1) is 0 Å². The summed E-state index contributed by atoms with van der Waals surface area (Å²) in [5.74, 6) is -3.55. The van der Waals surface area contributed by atoms with Gasteiger partial charge in [0.2, 0.25) is 11.7 Å². The number of carbonyl (C=O) groups excluding carboxylic acids is 2. The number of esters is 1. The fourth-order valence-electron chi connectivity index (χ4n) is 4.31. The Morgan fingerprint density at radius 2 is 2.00 bits per heavy atom. The van der Waals surface area contributed by atoms with E-state index >= 15 is 0 Å². The zero-order valence-electron chi connectivity index (χ0n) is 15.6. The highest BCUT2D eigenvalue weighted by atomic mass is 16.7. The number of benzene rings is 1. The summed E-state index contributed by atoms with van der Waals surface area (Å²) in [7, 11) is 4.19. The molecule has 2 bridgehead atoms. The van der Waals surface area contributed by atoms with Crippen LogP contribution in [0.5, 0.6) is 0 Å². The number of oxazole rings is 1. The second kappa shape index (κ2) is 6.28. The van der Waals surface area contributed by atoms with Crippen LogP contribution in [0, 0.1) is 24.7 Å². The largest absolute Gasteiger partial charge is 0.469 e. The highest BCUT2D eigenvalue weighted by Crippen LogP contribution is 2.52. The molecule has 3 aliphatic carbocycles. The van der Waals surface area contributed by atoms with Crippen LogP contribution >= 0.6 is 0 Å². The van der Waals surface area contributed by atoms with Crippen molar-refractivity contribution in [3.05, 3.63) is 35.7 Å². The Labute approximate surface area is 156 Å². The first-order chi connectivity index (χ1) is 12.9. The number of allylic oxidation sites excluding steroid dienone is 1. The second-order valence-corrected chi connectivity index (χ2v) is 7.00. The van der Waals surface area contributed by atoms with E-state index in [-0.39, 0.29) is 5.78 Å². The molecule has 2 aromatic rings. The van der Waals surface area contributed by atoms with Crippen LogP contribution in [0.3, 0.4) is 0 Å². The number of ketones is 1. The van der Waals surface area contributed by atoms with Crippen LogP contribution in [0.4, 0.5) is 0 Å². The van der Waals surface area contributed by atoms with E-state index in [4.69, 9.17) is 18.6 Å². The van der Waals surface area contributed by atoms with Crippen molar-refractivity contribution in [1.29, 1.82) is 0 Å². The number of rotatable bonds is 4. The number of carbonyl (C=O) groups is 2. The van der Waals surface area contributed by atoms with Crippen molar-refractivity contribution in [2.75, 3.05) is 21.3 Å². The molecule has 3 atom stereocenters. The highest BCUT2D eigenvalue weighted by molar-refractivity contribution is 6.00. The fraction of sp³-hybridized carbons (Fsp3) is 0.450. The zero-order valence-corrected chi connectivity index (χ0v) is 15.6. The predicted molar refractivity (Wildman–Crippen MR) is 95.6 cm³/mol. The molecule has 0 spiro atoms. The van der Waals surface area contributed by atoms with E-state index < -0.39 is 29.5 Å². The molecular formula is C20H21NO6.